The number of amides is 1. The van der Waals surface area contributed by atoms with Gasteiger partial charge in [0.2, 0.25) is 15.9 Å². The van der Waals surface area contributed by atoms with E-state index in [0.29, 0.717) is 4.88 Å². The maximum absolute atomic E-state index is 11.5. The van der Waals surface area contributed by atoms with Crippen LogP contribution in [0.15, 0.2) is 16.3 Å². The average Bonchev–Trinajstić information content (AvgIpc) is 2.71. The number of sulfone groups is 1. The van der Waals surface area contributed by atoms with Gasteiger partial charge in [0.15, 0.2) is 9.84 Å². The second-order valence-corrected chi connectivity index (χ2v) is 9.28. The zero-order valence-corrected chi connectivity index (χ0v) is 12.7. The maximum Gasteiger partial charge on any atom is 0.247 e. The third-order valence-electron chi connectivity index (χ3n) is 2.37. The van der Waals surface area contributed by atoms with Crippen molar-refractivity contribution in [1.29, 1.82) is 0 Å². The van der Waals surface area contributed by atoms with Crippen LogP contribution < -0.4 is 10.5 Å². The Balaban J connectivity index is 2.69. The molecule has 0 aliphatic rings. The topological polar surface area (TPSA) is 123 Å². The Kier molecular flexibility index (Phi) is 4.72. The van der Waals surface area contributed by atoms with E-state index in [4.69, 9.17) is 5.14 Å². The van der Waals surface area contributed by atoms with E-state index in [1.807, 2.05) is 0 Å². The van der Waals surface area contributed by atoms with Crippen LogP contribution in [0, 0.1) is 0 Å². The Morgan fingerprint density at radius 2 is 1.95 bits per heavy atom. The molecule has 3 N–H and O–H groups in total. The van der Waals surface area contributed by atoms with E-state index in [0.717, 1.165) is 17.6 Å². The predicted octanol–water partition coefficient (Wildman–Crippen LogP) is -0.555. The first-order valence-corrected chi connectivity index (χ1v) is 9.41. The first kappa shape index (κ1) is 16.1. The van der Waals surface area contributed by atoms with Crippen LogP contribution >= 0.6 is 11.3 Å². The Bertz CT molecular complexity index is 674. The molecular formula is C9H14N2O5S3. The Labute approximate surface area is 115 Å². The van der Waals surface area contributed by atoms with Crippen LogP contribution in [0.25, 0.3) is 0 Å². The second-order valence-electron chi connectivity index (χ2n) is 3.96. The highest BCUT2D eigenvalue weighted by atomic mass is 32.2. The van der Waals surface area contributed by atoms with Crippen LogP contribution in [0.3, 0.4) is 0 Å². The summed E-state index contributed by atoms with van der Waals surface area (Å²) < 4.78 is 44.4. The normalized spacial score (nSPS) is 14.1. The fraction of sp³-hybridized carbons (Fsp3) is 0.444. The summed E-state index contributed by atoms with van der Waals surface area (Å²) in [5.41, 5.74) is 0. The molecule has 108 valence electrons. The molecule has 19 heavy (non-hydrogen) atoms. The third kappa shape index (κ3) is 4.56. The molecule has 1 aromatic heterocycles. The van der Waals surface area contributed by atoms with E-state index in [-0.39, 0.29) is 10.8 Å². The Morgan fingerprint density at radius 1 is 1.37 bits per heavy atom. The summed E-state index contributed by atoms with van der Waals surface area (Å²) in [6.07, 6.45) is 0.974. The molecule has 10 heteroatoms. The van der Waals surface area contributed by atoms with Crippen molar-refractivity contribution in [2.75, 3.05) is 6.26 Å². The molecule has 7 nitrogen and oxygen atoms in total. The quantitative estimate of drug-likeness (QED) is 0.751. The standard InChI is InChI=1S/C9H14N2O5S3/c1-6(18(2,13)14)9(12)11-5-7-3-4-8(17-7)19(10,15)16/h3-4,6H,5H2,1-2H3,(H,11,12)(H2,10,15,16). The summed E-state index contributed by atoms with van der Waals surface area (Å²) in [5, 5.41) is 6.23. The van der Waals surface area contributed by atoms with Gasteiger partial charge in [0, 0.05) is 11.1 Å². The molecule has 0 spiro atoms. The smallest absolute Gasteiger partial charge is 0.247 e. The SMILES string of the molecule is CC(C(=O)NCc1ccc(S(N)(=O)=O)s1)S(C)(=O)=O. The molecule has 0 aliphatic heterocycles. The van der Waals surface area contributed by atoms with Crippen molar-refractivity contribution in [3.63, 3.8) is 0 Å². The van der Waals surface area contributed by atoms with Crippen LogP contribution in [-0.2, 0) is 31.2 Å². The van der Waals surface area contributed by atoms with Gasteiger partial charge in [-0.1, -0.05) is 0 Å². The second kappa shape index (κ2) is 5.57. The monoisotopic (exact) mass is 326 g/mol. The number of rotatable bonds is 5. The molecule has 0 fully saturated rings. The van der Waals surface area contributed by atoms with E-state index in [9.17, 15) is 21.6 Å². The zero-order valence-electron chi connectivity index (χ0n) is 10.3. The lowest BCUT2D eigenvalue weighted by Gasteiger charge is -2.09. The van der Waals surface area contributed by atoms with E-state index in [1.165, 1.54) is 19.1 Å². The molecule has 0 saturated heterocycles. The van der Waals surface area contributed by atoms with Gasteiger partial charge >= 0.3 is 0 Å². The molecule has 0 aromatic carbocycles. The number of carbonyl (C=O) groups is 1. The first-order valence-electron chi connectivity index (χ1n) is 5.10. The highest BCUT2D eigenvalue weighted by Crippen LogP contribution is 2.20. The number of hydrogen-bond acceptors (Lipinski definition) is 6. The molecule has 1 amide bonds. The van der Waals surface area contributed by atoms with Crippen molar-refractivity contribution in [2.45, 2.75) is 22.9 Å². The summed E-state index contributed by atoms with van der Waals surface area (Å²) in [4.78, 5) is 12.1. The molecule has 0 saturated carbocycles. The Hall–Kier alpha value is -0.970. The number of nitrogens with two attached hydrogens (primary N) is 1. The van der Waals surface area contributed by atoms with Gasteiger partial charge in [0.05, 0.1) is 6.54 Å². The van der Waals surface area contributed by atoms with Gasteiger partial charge in [0.1, 0.15) is 9.46 Å². The summed E-state index contributed by atoms with van der Waals surface area (Å²) >= 11 is 0.924. The third-order valence-corrected chi connectivity index (χ3v) is 6.39. The summed E-state index contributed by atoms with van der Waals surface area (Å²) in [7, 11) is -7.20. The van der Waals surface area contributed by atoms with E-state index >= 15 is 0 Å². The van der Waals surface area contributed by atoms with Crippen LogP contribution in [0.5, 0.6) is 0 Å². The van der Waals surface area contributed by atoms with Crippen molar-refractivity contribution < 1.29 is 21.6 Å². The van der Waals surface area contributed by atoms with Crippen LogP contribution in [0.2, 0.25) is 0 Å². The molecule has 0 bridgehead atoms. The van der Waals surface area contributed by atoms with Crippen molar-refractivity contribution in [3.8, 4) is 0 Å². The zero-order chi connectivity index (χ0) is 14.8. The lowest BCUT2D eigenvalue weighted by Crippen LogP contribution is -2.36. The van der Waals surface area contributed by atoms with Crippen molar-refractivity contribution >= 4 is 37.1 Å². The van der Waals surface area contributed by atoms with Crippen LogP contribution in [0.1, 0.15) is 11.8 Å². The van der Waals surface area contributed by atoms with Crippen LogP contribution in [-0.4, -0.2) is 34.2 Å². The molecule has 1 atom stereocenters. The van der Waals surface area contributed by atoms with Gasteiger partial charge in [-0.3, -0.25) is 4.79 Å². The lowest BCUT2D eigenvalue weighted by atomic mass is 10.4. The number of carbonyl (C=O) groups excluding carboxylic acids is 1. The molecule has 1 aromatic rings. The minimum absolute atomic E-state index is 0.00656. The fourth-order valence-electron chi connectivity index (χ4n) is 1.12. The molecule has 1 heterocycles. The average molecular weight is 326 g/mol. The lowest BCUT2D eigenvalue weighted by molar-refractivity contribution is -0.120. The number of thiophene rings is 1. The molecule has 1 unspecified atom stereocenters. The van der Waals surface area contributed by atoms with Gasteiger partial charge in [-0.25, -0.2) is 22.0 Å². The van der Waals surface area contributed by atoms with E-state index < -0.39 is 31.0 Å². The Morgan fingerprint density at radius 3 is 2.37 bits per heavy atom. The van der Waals surface area contributed by atoms with Gasteiger partial charge in [0.25, 0.3) is 0 Å². The molecule has 0 aliphatic carbocycles. The van der Waals surface area contributed by atoms with Gasteiger partial charge in [-0.2, -0.15) is 0 Å². The summed E-state index contributed by atoms with van der Waals surface area (Å²) in [5.74, 6) is -0.631. The molecule has 1 rings (SSSR count). The van der Waals surface area contributed by atoms with Crippen molar-refractivity contribution in [1.82, 2.24) is 5.32 Å². The highest BCUT2D eigenvalue weighted by molar-refractivity contribution is 7.92. The number of primary sulfonamides is 1. The van der Waals surface area contributed by atoms with Crippen molar-refractivity contribution in [3.05, 3.63) is 17.0 Å². The number of sulfonamides is 1. The van der Waals surface area contributed by atoms with Gasteiger partial charge < -0.3 is 5.32 Å². The highest BCUT2D eigenvalue weighted by Gasteiger charge is 2.23. The molecular weight excluding hydrogens is 312 g/mol. The first-order chi connectivity index (χ1) is 8.51. The number of hydrogen-bond donors (Lipinski definition) is 2. The van der Waals surface area contributed by atoms with Gasteiger partial charge in [-0.15, -0.1) is 11.3 Å². The van der Waals surface area contributed by atoms with Gasteiger partial charge in [-0.05, 0) is 19.1 Å². The summed E-state index contributed by atoms with van der Waals surface area (Å²) in [6.45, 7) is 1.34. The summed E-state index contributed by atoms with van der Waals surface area (Å²) in [6, 6.07) is 2.84. The van der Waals surface area contributed by atoms with E-state index in [2.05, 4.69) is 5.32 Å². The molecule has 0 radical (unpaired) electrons. The van der Waals surface area contributed by atoms with Crippen molar-refractivity contribution in [2.24, 2.45) is 5.14 Å². The van der Waals surface area contributed by atoms with E-state index in [1.54, 1.807) is 0 Å². The predicted molar refractivity (Wildman–Crippen MR) is 71.8 cm³/mol. The number of nitrogens with one attached hydrogen (secondary N) is 1. The fourth-order valence-corrected chi connectivity index (χ4v) is 3.31. The van der Waals surface area contributed by atoms with Crippen LogP contribution in [0.4, 0.5) is 0 Å². The minimum atomic E-state index is -3.75. The largest absolute Gasteiger partial charge is 0.350 e. The minimum Gasteiger partial charge on any atom is -0.350 e. The maximum atomic E-state index is 11.5.